The maximum Gasteiger partial charge on any atom is 0.231 e. The van der Waals surface area contributed by atoms with E-state index in [0.717, 1.165) is 62.0 Å². The predicted octanol–water partition coefficient (Wildman–Crippen LogP) is 7.16. The molecule has 0 unspecified atom stereocenters. The maximum absolute atomic E-state index is 11.9. The topological polar surface area (TPSA) is 47.6 Å². The van der Waals surface area contributed by atoms with Crippen molar-refractivity contribution in [2.45, 2.75) is 58.3 Å². The molecule has 0 aliphatic carbocycles. The summed E-state index contributed by atoms with van der Waals surface area (Å²) in [5, 5.41) is 2.95. The molecular formula is C30H39NO3. The highest BCUT2D eigenvalue weighted by atomic mass is 16.7. The molecule has 0 spiro atoms. The lowest BCUT2D eigenvalue weighted by Gasteiger charge is -2.05. The first-order valence-corrected chi connectivity index (χ1v) is 12.3. The van der Waals surface area contributed by atoms with Crippen LogP contribution in [0.25, 0.3) is 0 Å². The first-order chi connectivity index (χ1) is 16.8. The van der Waals surface area contributed by atoms with Gasteiger partial charge in [-0.2, -0.15) is 0 Å². The number of rotatable bonds is 16. The first-order valence-electron chi connectivity index (χ1n) is 12.3. The number of amides is 1. The second kappa shape index (κ2) is 18.2. The highest BCUT2D eigenvalue weighted by Gasteiger charge is 2.12. The molecular weight excluding hydrogens is 422 g/mol. The van der Waals surface area contributed by atoms with E-state index in [2.05, 4.69) is 73.0 Å². The van der Waals surface area contributed by atoms with Gasteiger partial charge in [-0.05, 0) is 62.6 Å². The predicted molar refractivity (Wildman–Crippen MR) is 142 cm³/mol. The lowest BCUT2D eigenvalue weighted by Crippen LogP contribution is -2.24. The molecule has 1 aliphatic heterocycles. The molecule has 182 valence electrons. The minimum Gasteiger partial charge on any atom is -0.454 e. The summed E-state index contributed by atoms with van der Waals surface area (Å²) >= 11 is 0. The molecule has 0 aromatic heterocycles. The average molecular weight is 462 g/mol. The third-order valence-electron chi connectivity index (χ3n) is 5.07. The molecule has 0 saturated carbocycles. The Labute approximate surface area is 205 Å². The smallest absolute Gasteiger partial charge is 0.231 e. The van der Waals surface area contributed by atoms with Crippen molar-refractivity contribution in [1.29, 1.82) is 0 Å². The molecule has 0 bridgehead atoms. The van der Waals surface area contributed by atoms with Gasteiger partial charge in [-0.1, -0.05) is 85.9 Å². The van der Waals surface area contributed by atoms with Crippen LogP contribution in [0, 0.1) is 0 Å². The van der Waals surface area contributed by atoms with Crippen LogP contribution in [0.15, 0.2) is 91.1 Å². The van der Waals surface area contributed by atoms with Crippen LogP contribution in [0.2, 0.25) is 0 Å². The van der Waals surface area contributed by atoms with Crippen LogP contribution in [0.1, 0.15) is 57.4 Å². The van der Waals surface area contributed by atoms with Gasteiger partial charge in [0.25, 0.3) is 0 Å². The van der Waals surface area contributed by atoms with Crippen LogP contribution >= 0.6 is 0 Å². The van der Waals surface area contributed by atoms with Crippen molar-refractivity contribution in [3.05, 3.63) is 96.7 Å². The summed E-state index contributed by atoms with van der Waals surface area (Å²) in [7, 11) is 0. The Morgan fingerprint density at radius 2 is 1.29 bits per heavy atom. The first kappa shape index (κ1) is 27.0. The van der Waals surface area contributed by atoms with Gasteiger partial charge in [-0.15, -0.1) is 0 Å². The summed E-state index contributed by atoms with van der Waals surface area (Å²) in [5.74, 6) is 1.60. The zero-order valence-electron chi connectivity index (χ0n) is 20.5. The molecule has 34 heavy (non-hydrogen) atoms. The van der Waals surface area contributed by atoms with Gasteiger partial charge in [0.05, 0.1) is 0 Å². The van der Waals surface area contributed by atoms with Gasteiger partial charge in [-0.25, -0.2) is 0 Å². The van der Waals surface area contributed by atoms with Gasteiger partial charge in [0.15, 0.2) is 11.5 Å². The van der Waals surface area contributed by atoms with Crippen molar-refractivity contribution in [2.75, 3.05) is 13.3 Å². The number of allylic oxidation sites excluding steroid dienone is 11. The average Bonchev–Trinajstić information content (AvgIpc) is 3.31. The Balaban J connectivity index is 1.44. The zero-order valence-corrected chi connectivity index (χ0v) is 20.5. The SMILES string of the molecule is CC/C=C\C/C=C\C/C=C\C/C=C\C/C=C\C/C=C\CC(=O)NCCc1ccc2c(c1)OCO2. The lowest BCUT2D eigenvalue weighted by atomic mass is 10.1. The molecule has 0 radical (unpaired) electrons. The molecule has 4 nitrogen and oxygen atoms in total. The van der Waals surface area contributed by atoms with Crippen LogP contribution < -0.4 is 14.8 Å². The quantitative estimate of drug-likeness (QED) is 0.266. The fraction of sp³-hybridized carbons (Fsp3) is 0.367. The Hall–Kier alpha value is -3.27. The second-order valence-electron chi connectivity index (χ2n) is 7.91. The minimum atomic E-state index is 0.0424. The van der Waals surface area contributed by atoms with Gasteiger partial charge >= 0.3 is 0 Å². The number of ether oxygens (including phenoxy) is 2. The lowest BCUT2D eigenvalue weighted by molar-refractivity contribution is -0.120. The second-order valence-corrected chi connectivity index (χ2v) is 7.91. The Morgan fingerprint density at radius 3 is 1.88 bits per heavy atom. The fourth-order valence-electron chi connectivity index (χ4n) is 3.23. The van der Waals surface area contributed by atoms with Gasteiger partial charge in [-0.3, -0.25) is 4.79 Å². The molecule has 1 aromatic carbocycles. The summed E-state index contributed by atoms with van der Waals surface area (Å²) in [6.45, 7) is 3.04. The largest absolute Gasteiger partial charge is 0.454 e. The highest BCUT2D eigenvalue weighted by Crippen LogP contribution is 2.32. The Morgan fingerprint density at radius 1 is 0.765 bits per heavy atom. The molecule has 2 rings (SSSR count). The molecule has 1 N–H and O–H groups in total. The number of carbonyl (C=O) groups excluding carboxylic acids is 1. The van der Waals surface area contributed by atoms with E-state index in [4.69, 9.17) is 9.47 Å². The van der Waals surface area contributed by atoms with Gasteiger partial charge < -0.3 is 14.8 Å². The molecule has 0 atom stereocenters. The van der Waals surface area contributed by atoms with E-state index in [0.29, 0.717) is 13.0 Å². The minimum absolute atomic E-state index is 0.0424. The van der Waals surface area contributed by atoms with Crippen molar-refractivity contribution in [1.82, 2.24) is 5.32 Å². The monoisotopic (exact) mass is 461 g/mol. The van der Waals surface area contributed by atoms with E-state index < -0.39 is 0 Å². The Bertz CT molecular complexity index is 890. The highest BCUT2D eigenvalue weighted by molar-refractivity contribution is 5.77. The summed E-state index contributed by atoms with van der Waals surface area (Å²) in [5.41, 5.74) is 1.12. The van der Waals surface area contributed by atoms with E-state index in [1.807, 2.05) is 30.4 Å². The van der Waals surface area contributed by atoms with Gasteiger partial charge in [0.2, 0.25) is 12.7 Å². The summed E-state index contributed by atoms with van der Waals surface area (Å²) in [4.78, 5) is 11.9. The van der Waals surface area contributed by atoms with E-state index >= 15 is 0 Å². The third-order valence-corrected chi connectivity index (χ3v) is 5.07. The Kier molecular flexibility index (Phi) is 14.4. The van der Waals surface area contributed by atoms with Crippen molar-refractivity contribution < 1.29 is 14.3 Å². The maximum atomic E-state index is 11.9. The van der Waals surface area contributed by atoms with E-state index in [9.17, 15) is 4.79 Å². The van der Waals surface area contributed by atoms with Crippen molar-refractivity contribution >= 4 is 5.91 Å². The molecule has 0 saturated heterocycles. The number of hydrogen-bond acceptors (Lipinski definition) is 3. The third kappa shape index (κ3) is 12.7. The number of fused-ring (bicyclic) bond motifs is 1. The van der Waals surface area contributed by atoms with E-state index in [1.54, 1.807) is 0 Å². The van der Waals surface area contributed by atoms with Crippen LogP contribution in [-0.4, -0.2) is 19.2 Å². The number of hydrogen-bond donors (Lipinski definition) is 1. The number of nitrogens with one attached hydrogen (secondary N) is 1. The summed E-state index contributed by atoms with van der Waals surface area (Å²) in [6.07, 6.45) is 32.9. The van der Waals surface area contributed by atoms with E-state index in [-0.39, 0.29) is 12.7 Å². The standard InChI is InChI=1S/C30H39NO3/c1-2-3-4-5-6-7-8-9-10-11-12-13-14-15-16-17-18-19-20-30(32)31-24-23-27-21-22-28-29(25-27)34-26-33-28/h3-4,6-7,9-10,12-13,15-16,18-19,21-22,25H,2,5,8,11,14,17,20,23-24,26H2,1H3,(H,31,32)/b4-3-,7-6-,10-9-,13-12-,16-15-,19-18-. The summed E-state index contributed by atoms with van der Waals surface area (Å²) in [6, 6.07) is 5.89. The van der Waals surface area contributed by atoms with Crippen molar-refractivity contribution in [3.8, 4) is 11.5 Å². The normalized spacial score (nSPS) is 13.7. The van der Waals surface area contributed by atoms with Crippen molar-refractivity contribution in [2.24, 2.45) is 0 Å². The van der Waals surface area contributed by atoms with E-state index in [1.165, 1.54) is 0 Å². The molecule has 4 heteroatoms. The zero-order chi connectivity index (χ0) is 24.1. The molecule has 1 aliphatic rings. The molecule has 0 fully saturated rings. The van der Waals surface area contributed by atoms with Crippen LogP contribution in [0.3, 0.4) is 0 Å². The number of carbonyl (C=O) groups is 1. The molecule has 1 amide bonds. The number of benzene rings is 1. The van der Waals surface area contributed by atoms with Crippen LogP contribution in [0.4, 0.5) is 0 Å². The fourth-order valence-corrected chi connectivity index (χ4v) is 3.23. The molecule has 1 heterocycles. The molecule has 1 aromatic rings. The summed E-state index contributed by atoms with van der Waals surface area (Å²) < 4.78 is 10.7. The van der Waals surface area contributed by atoms with Crippen LogP contribution in [0.5, 0.6) is 11.5 Å². The van der Waals surface area contributed by atoms with Crippen molar-refractivity contribution in [3.63, 3.8) is 0 Å². The van der Waals surface area contributed by atoms with Gasteiger partial charge in [0, 0.05) is 13.0 Å². The van der Waals surface area contributed by atoms with Gasteiger partial charge in [0.1, 0.15) is 0 Å². The van der Waals surface area contributed by atoms with Crippen LogP contribution in [-0.2, 0) is 11.2 Å².